The molecule has 26 heavy (non-hydrogen) atoms. The molecule has 1 aromatic carbocycles. The van der Waals surface area contributed by atoms with E-state index in [0.29, 0.717) is 5.56 Å². The number of carbonyl (C=O) groups is 1. The SMILES string of the molecule is Cc1ccc(S(=O)(=O)NC(=O)c2csc(-c3ncccc3F)n2)c(F)c1. The van der Waals surface area contributed by atoms with Gasteiger partial charge in [-0.2, -0.15) is 0 Å². The number of hydrogen-bond donors (Lipinski definition) is 1. The predicted molar refractivity (Wildman–Crippen MR) is 91.1 cm³/mol. The summed E-state index contributed by atoms with van der Waals surface area (Å²) in [5, 5.41) is 1.38. The summed E-state index contributed by atoms with van der Waals surface area (Å²) in [4.78, 5) is 19.2. The maximum atomic E-state index is 13.9. The maximum Gasteiger partial charge on any atom is 0.284 e. The smallest absolute Gasteiger partial charge is 0.266 e. The Morgan fingerprint density at radius 3 is 2.65 bits per heavy atom. The number of hydrogen-bond acceptors (Lipinski definition) is 6. The molecule has 0 bridgehead atoms. The van der Waals surface area contributed by atoms with Crippen LogP contribution < -0.4 is 4.72 Å². The molecule has 0 aliphatic rings. The van der Waals surface area contributed by atoms with Crippen LogP contribution in [0.4, 0.5) is 8.78 Å². The Bertz CT molecular complexity index is 1100. The molecule has 134 valence electrons. The molecule has 0 saturated carbocycles. The van der Waals surface area contributed by atoms with Crippen molar-refractivity contribution in [2.75, 3.05) is 0 Å². The molecule has 0 aliphatic carbocycles. The van der Waals surface area contributed by atoms with Crippen molar-refractivity contribution in [3.05, 3.63) is 64.8 Å². The lowest BCUT2D eigenvalue weighted by Gasteiger charge is -2.07. The first kappa shape index (κ1) is 18.1. The molecule has 1 N–H and O–H groups in total. The molecular weight excluding hydrogens is 384 g/mol. The number of aryl methyl sites for hydroxylation is 1. The molecule has 2 aromatic heterocycles. The number of thiazole rings is 1. The molecule has 0 aliphatic heterocycles. The van der Waals surface area contributed by atoms with E-state index in [1.54, 1.807) is 11.6 Å². The van der Waals surface area contributed by atoms with Crippen LogP contribution in [0.2, 0.25) is 0 Å². The van der Waals surface area contributed by atoms with Crippen LogP contribution in [-0.2, 0) is 10.0 Å². The van der Waals surface area contributed by atoms with Crippen molar-refractivity contribution in [1.29, 1.82) is 0 Å². The van der Waals surface area contributed by atoms with Gasteiger partial charge in [-0.15, -0.1) is 11.3 Å². The lowest BCUT2D eigenvalue weighted by Crippen LogP contribution is -2.31. The van der Waals surface area contributed by atoms with E-state index in [1.165, 1.54) is 29.8 Å². The molecule has 0 spiro atoms. The molecule has 10 heteroatoms. The van der Waals surface area contributed by atoms with Crippen LogP contribution in [0, 0.1) is 18.6 Å². The second-order valence-corrected chi connectivity index (χ2v) is 7.75. The van der Waals surface area contributed by atoms with Crippen LogP contribution in [0.25, 0.3) is 10.7 Å². The van der Waals surface area contributed by atoms with E-state index in [4.69, 9.17) is 0 Å². The number of sulfonamides is 1. The third kappa shape index (κ3) is 3.60. The van der Waals surface area contributed by atoms with Crippen molar-refractivity contribution in [1.82, 2.24) is 14.7 Å². The number of benzene rings is 1. The van der Waals surface area contributed by atoms with Crippen LogP contribution in [0.3, 0.4) is 0 Å². The van der Waals surface area contributed by atoms with Gasteiger partial charge in [0, 0.05) is 11.6 Å². The third-order valence-corrected chi connectivity index (χ3v) is 5.52. The van der Waals surface area contributed by atoms with Gasteiger partial charge in [0.2, 0.25) is 0 Å². The van der Waals surface area contributed by atoms with Gasteiger partial charge >= 0.3 is 0 Å². The fourth-order valence-corrected chi connectivity index (χ4v) is 3.90. The number of halogens is 2. The second kappa shape index (κ2) is 6.89. The van der Waals surface area contributed by atoms with Gasteiger partial charge in [0.05, 0.1) is 0 Å². The highest BCUT2D eigenvalue weighted by molar-refractivity contribution is 7.90. The van der Waals surface area contributed by atoms with Gasteiger partial charge in [-0.1, -0.05) is 6.07 Å². The number of nitrogens with zero attached hydrogens (tertiary/aromatic N) is 2. The average Bonchev–Trinajstić information content (AvgIpc) is 3.04. The van der Waals surface area contributed by atoms with Crippen LogP contribution >= 0.6 is 11.3 Å². The highest BCUT2D eigenvalue weighted by Crippen LogP contribution is 2.24. The van der Waals surface area contributed by atoms with E-state index in [-0.39, 0.29) is 16.4 Å². The van der Waals surface area contributed by atoms with Gasteiger partial charge < -0.3 is 0 Å². The van der Waals surface area contributed by atoms with Gasteiger partial charge in [-0.05, 0) is 36.8 Å². The topological polar surface area (TPSA) is 89.0 Å². The van der Waals surface area contributed by atoms with Gasteiger partial charge in [0.25, 0.3) is 15.9 Å². The van der Waals surface area contributed by atoms with Crippen LogP contribution in [0.1, 0.15) is 16.1 Å². The van der Waals surface area contributed by atoms with Gasteiger partial charge in [-0.25, -0.2) is 26.9 Å². The van der Waals surface area contributed by atoms with Crippen molar-refractivity contribution in [2.24, 2.45) is 0 Å². The molecule has 1 amide bonds. The summed E-state index contributed by atoms with van der Waals surface area (Å²) in [6.07, 6.45) is 1.37. The number of amides is 1. The maximum absolute atomic E-state index is 13.9. The first-order valence-corrected chi connectivity index (χ1v) is 9.54. The molecule has 2 heterocycles. The number of aromatic nitrogens is 2. The van der Waals surface area contributed by atoms with Gasteiger partial charge in [0.15, 0.2) is 5.82 Å². The minimum atomic E-state index is -4.42. The average molecular weight is 395 g/mol. The lowest BCUT2D eigenvalue weighted by molar-refractivity contribution is 0.0977. The second-order valence-electron chi connectivity index (χ2n) is 5.24. The minimum Gasteiger partial charge on any atom is -0.266 e. The van der Waals surface area contributed by atoms with Gasteiger partial charge in [0.1, 0.15) is 27.1 Å². The highest BCUT2D eigenvalue weighted by Gasteiger charge is 2.24. The first-order valence-electron chi connectivity index (χ1n) is 7.17. The number of pyridine rings is 1. The van der Waals surface area contributed by atoms with Crippen LogP contribution in [0.15, 0.2) is 46.8 Å². The van der Waals surface area contributed by atoms with E-state index in [1.807, 2.05) is 0 Å². The summed E-state index contributed by atoms with van der Waals surface area (Å²) in [5.41, 5.74) is 0.240. The molecule has 0 unspecified atom stereocenters. The molecule has 6 nitrogen and oxygen atoms in total. The number of carbonyl (C=O) groups excluding carboxylic acids is 1. The normalized spacial score (nSPS) is 11.3. The summed E-state index contributed by atoms with van der Waals surface area (Å²) in [6, 6.07) is 6.11. The van der Waals surface area contributed by atoms with Crippen molar-refractivity contribution in [3.63, 3.8) is 0 Å². The Balaban J connectivity index is 1.86. The Hall–Kier alpha value is -2.72. The minimum absolute atomic E-state index is 0.0519. The molecule has 0 atom stereocenters. The molecule has 3 aromatic rings. The zero-order chi connectivity index (χ0) is 18.9. The predicted octanol–water partition coefficient (Wildman–Crippen LogP) is 2.91. The zero-order valence-electron chi connectivity index (χ0n) is 13.2. The monoisotopic (exact) mass is 395 g/mol. The van der Waals surface area contributed by atoms with Crippen LogP contribution in [0.5, 0.6) is 0 Å². The van der Waals surface area contributed by atoms with Crippen molar-refractivity contribution in [3.8, 4) is 10.7 Å². The standard InChI is InChI=1S/C16H11F2N3O3S2/c1-9-4-5-13(11(18)7-9)26(23,24)21-15(22)12-8-25-16(20-12)14-10(17)3-2-6-19-14/h2-8H,1H3,(H,21,22). The van der Waals surface area contributed by atoms with E-state index in [0.717, 1.165) is 23.5 Å². The summed E-state index contributed by atoms with van der Waals surface area (Å²) < 4.78 is 53.8. The molecular formula is C16H11F2N3O3S2. The zero-order valence-corrected chi connectivity index (χ0v) is 14.9. The Morgan fingerprint density at radius 1 is 1.19 bits per heavy atom. The van der Waals surface area contributed by atoms with Crippen LogP contribution in [-0.4, -0.2) is 24.3 Å². The van der Waals surface area contributed by atoms with Crippen molar-refractivity contribution >= 4 is 27.3 Å². The number of nitrogens with one attached hydrogen (secondary N) is 1. The Labute approximate surface area is 151 Å². The molecule has 0 radical (unpaired) electrons. The largest absolute Gasteiger partial charge is 0.284 e. The molecule has 0 saturated heterocycles. The molecule has 3 rings (SSSR count). The Kier molecular flexibility index (Phi) is 4.79. The summed E-state index contributed by atoms with van der Waals surface area (Å²) in [7, 11) is -4.42. The lowest BCUT2D eigenvalue weighted by atomic mass is 10.2. The first-order chi connectivity index (χ1) is 12.3. The Morgan fingerprint density at radius 2 is 1.96 bits per heavy atom. The fourth-order valence-electron chi connectivity index (χ4n) is 2.08. The summed E-state index contributed by atoms with van der Waals surface area (Å²) in [5.74, 6) is -2.65. The summed E-state index contributed by atoms with van der Waals surface area (Å²) >= 11 is 0.929. The van der Waals surface area contributed by atoms with Gasteiger partial charge in [-0.3, -0.25) is 9.78 Å². The third-order valence-electron chi connectivity index (χ3n) is 3.30. The van der Waals surface area contributed by atoms with E-state index in [2.05, 4.69) is 9.97 Å². The van der Waals surface area contributed by atoms with Crippen molar-refractivity contribution < 1.29 is 22.0 Å². The van der Waals surface area contributed by atoms with E-state index in [9.17, 15) is 22.0 Å². The number of rotatable bonds is 4. The highest BCUT2D eigenvalue weighted by atomic mass is 32.2. The summed E-state index contributed by atoms with van der Waals surface area (Å²) in [6.45, 7) is 1.60. The molecule has 0 fully saturated rings. The fraction of sp³-hybridized carbons (Fsp3) is 0.0625. The van der Waals surface area contributed by atoms with Crippen molar-refractivity contribution in [2.45, 2.75) is 11.8 Å². The van der Waals surface area contributed by atoms with E-state index >= 15 is 0 Å². The van der Waals surface area contributed by atoms with E-state index < -0.39 is 32.5 Å². The quantitative estimate of drug-likeness (QED) is 0.734.